The zero-order chi connectivity index (χ0) is 22.9. The van der Waals surface area contributed by atoms with Crippen molar-refractivity contribution in [2.24, 2.45) is 0 Å². The van der Waals surface area contributed by atoms with Crippen LogP contribution >= 0.6 is 23.4 Å². The molecule has 0 aromatic heterocycles. The van der Waals surface area contributed by atoms with Crippen molar-refractivity contribution in [1.29, 1.82) is 0 Å². The number of ether oxygens (including phenoxy) is 1. The Kier molecular flexibility index (Phi) is 8.59. The number of methoxy groups -OCH3 is 1. The predicted molar refractivity (Wildman–Crippen MR) is 132 cm³/mol. The zero-order valence-electron chi connectivity index (χ0n) is 17.9. The number of carbonyl (C=O) groups excluding carboxylic acids is 2. The van der Waals surface area contributed by atoms with Crippen LogP contribution in [0.25, 0.3) is 0 Å². The summed E-state index contributed by atoms with van der Waals surface area (Å²) in [6.45, 7) is 1.96. The molecule has 5 nitrogen and oxygen atoms in total. The lowest BCUT2D eigenvalue weighted by Gasteiger charge is -2.18. The van der Waals surface area contributed by atoms with Crippen molar-refractivity contribution >= 4 is 46.6 Å². The molecule has 0 aliphatic rings. The number of anilines is 2. The first-order chi connectivity index (χ1) is 15.5. The van der Waals surface area contributed by atoms with Gasteiger partial charge in [0.15, 0.2) is 0 Å². The van der Waals surface area contributed by atoms with E-state index in [2.05, 4.69) is 10.6 Å². The summed E-state index contributed by atoms with van der Waals surface area (Å²) in [4.78, 5) is 26.1. The molecule has 7 heteroatoms. The largest absolute Gasteiger partial charge is 0.495 e. The number of rotatable bonds is 9. The van der Waals surface area contributed by atoms with E-state index in [-0.39, 0.29) is 11.8 Å². The molecule has 0 saturated heterocycles. The van der Waals surface area contributed by atoms with Crippen molar-refractivity contribution in [1.82, 2.24) is 0 Å². The van der Waals surface area contributed by atoms with E-state index in [0.29, 0.717) is 28.6 Å². The van der Waals surface area contributed by atoms with Gasteiger partial charge in [0.1, 0.15) is 11.0 Å². The van der Waals surface area contributed by atoms with Crippen LogP contribution in [0.2, 0.25) is 5.02 Å². The number of carbonyl (C=O) groups is 2. The highest BCUT2D eigenvalue weighted by Crippen LogP contribution is 2.37. The van der Waals surface area contributed by atoms with Gasteiger partial charge in [-0.2, -0.15) is 0 Å². The fraction of sp³-hybridized carbons (Fsp3) is 0.200. The summed E-state index contributed by atoms with van der Waals surface area (Å²) < 4.78 is 5.18. The standard InChI is InChI=1S/C25H25ClN2O3S/c1-3-8-23(29)27-18-11-7-12-20(15-18)32-24(17-9-5-4-6-10-17)25(30)28-19-13-14-22(31-2)21(26)16-19/h4-7,9-16,24H,3,8H2,1-2H3,(H,27,29)(H,28,30). The second-order valence-corrected chi connectivity index (χ2v) is 8.66. The summed E-state index contributed by atoms with van der Waals surface area (Å²) in [6.07, 6.45) is 1.25. The van der Waals surface area contributed by atoms with E-state index in [0.717, 1.165) is 16.9 Å². The first kappa shape index (κ1) is 23.7. The Morgan fingerprint density at radius 1 is 0.969 bits per heavy atom. The maximum Gasteiger partial charge on any atom is 0.242 e. The number of thioether (sulfide) groups is 1. The summed E-state index contributed by atoms with van der Waals surface area (Å²) in [5, 5.41) is 5.77. The van der Waals surface area contributed by atoms with Gasteiger partial charge in [0.25, 0.3) is 0 Å². The number of halogens is 1. The fourth-order valence-corrected chi connectivity index (χ4v) is 4.43. The fourth-order valence-electron chi connectivity index (χ4n) is 3.09. The molecule has 0 spiro atoms. The summed E-state index contributed by atoms with van der Waals surface area (Å²) in [5.41, 5.74) is 2.17. The molecular formula is C25H25ClN2O3S. The summed E-state index contributed by atoms with van der Waals surface area (Å²) >= 11 is 7.62. The van der Waals surface area contributed by atoms with Crippen LogP contribution in [0.5, 0.6) is 5.75 Å². The van der Waals surface area contributed by atoms with Crippen molar-refractivity contribution in [2.75, 3.05) is 17.7 Å². The molecule has 0 heterocycles. The molecule has 0 aliphatic carbocycles. The smallest absolute Gasteiger partial charge is 0.242 e. The number of amides is 2. The summed E-state index contributed by atoms with van der Waals surface area (Å²) in [5.74, 6) is 0.340. The lowest BCUT2D eigenvalue weighted by atomic mass is 10.1. The molecule has 0 bridgehead atoms. The van der Waals surface area contributed by atoms with E-state index >= 15 is 0 Å². The van der Waals surface area contributed by atoms with E-state index < -0.39 is 5.25 Å². The highest BCUT2D eigenvalue weighted by Gasteiger charge is 2.22. The molecule has 0 fully saturated rings. The molecule has 1 atom stereocenters. The second kappa shape index (κ2) is 11.6. The molecule has 3 aromatic rings. The third-order valence-electron chi connectivity index (χ3n) is 4.61. The molecule has 0 aliphatic heterocycles. The van der Waals surface area contributed by atoms with Crippen LogP contribution in [0.1, 0.15) is 30.6 Å². The van der Waals surface area contributed by atoms with E-state index in [1.165, 1.54) is 11.8 Å². The van der Waals surface area contributed by atoms with Crippen molar-refractivity contribution < 1.29 is 14.3 Å². The van der Waals surface area contributed by atoms with Gasteiger partial charge in [-0.25, -0.2) is 0 Å². The molecule has 3 aromatic carbocycles. The van der Waals surface area contributed by atoms with E-state index in [1.54, 1.807) is 25.3 Å². The number of benzene rings is 3. The first-order valence-corrected chi connectivity index (χ1v) is 11.5. The van der Waals surface area contributed by atoms with Crippen LogP contribution in [0.3, 0.4) is 0 Å². The third-order valence-corrected chi connectivity index (χ3v) is 6.15. The molecule has 2 N–H and O–H groups in total. The first-order valence-electron chi connectivity index (χ1n) is 10.3. The van der Waals surface area contributed by atoms with Crippen molar-refractivity contribution in [2.45, 2.75) is 29.9 Å². The third kappa shape index (κ3) is 6.52. The van der Waals surface area contributed by atoms with E-state index in [1.807, 2.05) is 61.5 Å². The normalized spacial score (nSPS) is 11.5. The summed E-state index contributed by atoms with van der Waals surface area (Å²) in [6, 6.07) is 22.2. The van der Waals surface area contributed by atoms with Crippen LogP contribution in [0, 0.1) is 0 Å². The van der Waals surface area contributed by atoms with Gasteiger partial charge >= 0.3 is 0 Å². The van der Waals surface area contributed by atoms with Crippen LogP contribution in [0.15, 0.2) is 77.7 Å². The number of hydrogen-bond donors (Lipinski definition) is 2. The van der Waals surface area contributed by atoms with Crippen LogP contribution < -0.4 is 15.4 Å². The summed E-state index contributed by atoms with van der Waals surface area (Å²) in [7, 11) is 1.54. The van der Waals surface area contributed by atoms with Crippen molar-refractivity contribution in [3.05, 3.63) is 83.4 Å². The van der Waals surface area contributed by atoms with Crippen LogP contribution in [-0.4, -0.2) is 18.9 Å². The minimum absolute atomic E-state index is 0.0246. The van der Waals surface area contributed by atoms with Gasteiger partial charge in [-0.1, -0.05) is 54.9 Å². The highest BCUT2D eigenvalue weighted by atomic mass is 35.5. The quantitative estimate of drug-likeness (QED) is 0.349. The monoisotopic (exact) mass is 468 g/mol. The molecule has 2 amide bonds. The Morgan fingerprint density at radius 3 is 2.41 bits per heavy atom. The molecule has 0 saturated carbocycles. The molecule has 32 heavy (non-hydrogen) atoms. The van der Waals surface area contributed by atoms with Gasteiger partial charge < -0.3 is 15.4 Å². The Morgan fingerprint density at radius 2 is 1.72 bits per heavy atom. The van der Waals surface area contributed by atoms with Gasteiger partial charge in [0.05, 0.1) is 12.1 Å². The predicted octanol–water partition coefficient (Wildman–Crippen LogP) is 6.56. The zero-order valence-corrected chi connectivity index (χ0v) is 19.5. The number of nitrogens with one attached hydrogen (secondary N) is 2. The maximum atomic E-state index is 13.3. The number of hydrogen-bond acceptors (Lipinski definition) is 4. The van der Waals surface area contributed by atoms with E-state index in [4.69, 9.17) is 16.3 Å². The second-order valence-electron chi connectivity index (χ2n) is 7.07. The molecule has 0 radical (unpaired) electrons. The van der Waals surface area contributed by atoms with Crippen LogP contribution in [-0.2, 0) is 9.59 Å². The Labute approximate surface area is 197 Å². The Hall–Kier alpha value is -2.96. The average Bonchev–Trinajstić information content (AvgIpc) is 2.78. The topological polar surface area (TPSA) is 67.4 Å². The van der Waals surface area contributed by atoms with Crippen LogP contribution in [0.4, 0.5) is 11.4 Å². The molecule has 166 valence electrons. The Bertz CT molecular complexity index is 1080. The molecule has 1 unspecified atom stereocenters. The lowest BCUT2D eigenvalue weighted by Crippen LogP contribution is -2.19. The van der Waals surface area contributed by atoms with Gasteiger partial charge in [-0.05, 0) is 48.4 Å². The van der Waals surface area contributed by atoms with Gasteiger partial charge in [-0.3, -0.25) is 9.59 Å². The SMILES string of the molecule is CCCC(=O)Nc1cccc(SC(C(=O)Nc2ccc(OC)c(Cl)c2)c2ccccc2)c1. The highest BCUT2D eigenvalue weighted by molar-refractivity contribution is 8.00. The lowest BCUT2D eigenvalue weighted by molar-refractivity contribution is -0.116. The van der Waals surface area contributed by atoms with Gasteiger partial charge in [-0.15, -0.1) is 11.8 Å². The molecule has 3 rings (SSSR count). The minimum atomic E-state index is -0.501. The van der Waals surface area contributed by atoms with E-state index in [9.17, 15) is 9.59 Å². The van der Waals surface area contributed by atoms with Crippen molar-refractivity contribution in [3.63, 3.8) is 0 Å². The average molecular weight is 469 g/mol. The van der Waals surface area contributed by atoms with Gasteiger partial charge in [0, 0.05) is 22.7 Å². The minimum Gasteiger partial charge on any atom is -0.495 e. The molecular weight excluding hydrogens is 444 g/mol. The maximum absolute atomic E-state index is 13.3. The van der Waals surface area contributed by atoms with Gasteiger partial charge in [0.2, 0.25) is 11.8 Å². The Balaban J connectivity index is 1.82. The van der Waals surface area contributed by atoms with Crippen molar-refractivity contribution in [3.8, 4) is 5.75 Å².